The van der Waals surface area contributed by atoms with Crippen LogP contribution in [-0.2, 0) is 6.42 Å². The first-order valence-corrected chi connectivity index (χ1v) is 3.88. The molecule has 1 rings (SSSR count). The molecule has 0 aliphatic rings. The maximum atomic E-state index is 3.99. The smallest absolute Gasteiger partial charge is 0.0284 e. The number of hydrogen-bond donors (Lipinski definition) is 0. The second kappa shape index (κ2) is 3.91. The summed E-state index contributed by atoms with van der Waals surface area (Å²) in [5.41, 5.74) is 2.59. The first kappa shape index (κ1) is 7.99. The Morgan fingerprint density at radius 1 is 1.36 bits per heavy atom. The molecule has 0 radical (unpaired) electrons. The number of aryl methyl sites for hydroxylation is 1. The van der Waals surface area contributed by atoms with Crippen LogP contribution in [0.1, 0.15) is 18.1 Å². The summed E-state index contributed by atoms with van der Waals surface area (Å²) in [6.07, 6.45) is 2.97. The molecule has 0 fully saturated rings. The minimum absolute atomic E-state index is 1.07. The predicted molar refractivity (Wildman–Crippen MR) is 49.3 cm³/mol. The van der Waals surface area contributed by atoms with Crippen molar-refractivity contribution in [3.63, 3.8) is 0 Å². The standard InChI is InChI=1S/C10H13N/c1-3-9-6-4-5-7-10(9)8-11-2/h4-8H,3H2,1-2H3. The highest BCUT2D eigenvalue weighted by atomic mass is 14.6. The number of nitrogens with zero attached hydrogens (tertiary/aromatic N) is 1. The minimum atomic E-state index is 1.07. The van der Waals surface area contributed by atoms with E-state index in [9.17, 15) is 0 Å². The zero-order chi connectivity index (χ0) is 8.10. The van der Waals surface area contributed by atoms with Gasteiger partial charge in [0.15, 0.2) is 0 Å². The molecular formula is C10H13N. The molecule has 1 nitrogen and oxygen atoms in total. The summed E-state index contributed by atoms with van der Waals surface area (Å²) in [6.45, 7) is 2.16. The fourth-order valence-electron chi connectivity index (χ4n) is 1.12. The lowest BCUT2D eigenvalue weighted by Crippen LogP contribution is -1.89. The van der Waals surface area contributed by atoms with Crippen molar-refractivity contribution < 1.29 is 0 Å². The van der Waals surface area contributed by atoms with Gasteiger partial charge in [0.25, 0.3) is 0 Å². The van der Waals surface area contributed by atoms with Gasteiger partial charge in [-0.1, -0.05) is 31.2 Å². The van der Waals surface area contributed by atoms with Crippen molar-refractivity contribution in [2.75, 3.05) is 7.05 Å². The van der Waals surface area contributed by atoms with Crippen molar-refractivity contribution in [2.45, 2.75) is 13.3 Å². The molecule has 0 aromatic heterocycles. The van der Waals surface area contributed by atoms with Gasteiger partial charge in [-0.25, -0.2) is 0 Å². The Labute approximate surface area is 67.8 Å². The normalized spacial score (nSPS) is 10.7. The highest BCUT2D eigenvalue weighted by Gasteiger charge is 1.93. The zero-order valence-corrected chi connectivity index (χ0v) is 7.04. The molecular weight excluding hydrogens is 134 g/mol. The lowest BCUT2D eigenvalue weighted by molar-refractivity contribution is 1.13. The Bertz CT molecular complexity index is 251. The highest BCUT2D eigenvalue weighted by Crippen LogP contribution is 2.06. The van der Waals surface area contributed by atoms with Gasteiger partial charge in [0, 0.05) is 13.3 Å². The third-order valence-corrected chi connectivity index (χ3v) is 1.70. The number of hydrogen-bond acceptors (Lipinski definition) is 1. The van der Waals surface area contributed by atoms with E-state index in [1.807, 2.05) is 12.3 Å². The summed E-state index contributed by atoms with van der Waals surface area (Å²) in [4.78, 5) is 3.99. The first-order chi connectivity index (χ1) is 5.38. The fourth-order valence-corrected chi connectivity index (χ4v) is 1.12. The van der Waals surface area contributed by atoms with Crippen LogP contribution >= 0.6 is 0 Å². The summed E-state index contributed by atoms with van der Waals surface area (Å²) >= 11 is 0. The predicted octanol–water partition coefficient (Wildman–Crippen LogP) is 2.30. The van der Waals surface area contributed by atoms with Crippen molar-refractivity contribution in [3.8, 4) is 0 Å². The Kier molecular flexibility index (Phi) is 2.84. The van der Waals surface area contributed by atoms with Gasteiger partial charge in [0.1, 0.15) is 0 Å². The van der Waals surface area contributed by atoms with E-state index < -0.39 is 0 Å². The van der Waals surface area contributed by atoms with Gasteiger partial charge in [0.05, 0.1) is 0 Å². The van der Waals surface area contributed by atoms with Gasteiger partial charge in [-0.05, 0) is 17.5 Å². The van der Waals surface area contributed by atoms with Crippen LogP contribution in [0.4, 0.5) is 0 Å². The lowest BCUT2D eigenvalue weighted by atomic mass is 10.1. The zero-order valence-electron chi connectivity index (χ0n) is 7.04. The van der Waals surface area contributed by atoms with E-state index in [-0.39, 0.29) is 0 Å². The average Bonchev–Trinajstić information content (AvgIpc) is 2.06. The molecule has 1 aromatic rings. The molecule has 58 valence electrons. The summed E-state index contributed by atoms with van der Waals surface area (Å²) < 4.78 is 0. The van der Waals surface area contributed by atoms with Gasteiger partial charge in [0.2, 0.25) is 0 Å². The largest absolute Gasteiger partial charge is 0.296 e. The Morgan fingerprint density at radius 2 is 2.09 bits per heavy atom. The highest BCUT2D eigenvalue weighted by molar-refractivity contribution is 5.81. The third kappa shape index (κ3) is 1.90. The van der Waals surface area contributed by atoms with E-state index >= 15 is 0 Å². The third-order valence-electron chi connectivity index (χ3n) is 1.70. The molecule has 0 saturated carbocycles. The van der Waals surface area contributed by atoms with Gasteiger partial charge >= 0.3 is 0 Å². The van der Waals surface area contributed by atoms with Crippen LogP contribution in [0.25, 0.3) is 0 Å². The van der Waals surface area contributed by atoms with E-state index in [0.717, 1.165) is 6.42 Å². The van der Waals surface area contributed by atoms with Gasteiger partial charge < -0.3 is 0 Å². The number of benzene rings is 1. The van der Waals surface area contributed by atoms with Gasteiger partial charge in [-0.3, -0.25) is 4.99 Å². The second-order valence-electron chi connectivity index (χ2n) is 2.44. The Balaban J connectivity index is 3.02. The molecule has 0 aliphatic carbocycles. The van der Waals surface area contributed by atoms with E-state index in [2.05, 4.69) is 30.1 Å². The minimum Gasteiger partial charge on any atom is -0.296 e. The summed E-state index contributed by atoms with van der Waals surface area (Å²) in [5.74, 6) is 0. The van der Waals surface area contributed by atoms with Crippen molar-refractivity contribution >= 4 is 6.21 Å². The van der Waals surface area contributed by atoms with Crippen LogP contribution in [0, 0.1) is 0 Å². The molecule has 1 aromatic carbocycles. The number of aliphatic imine (C=N–C) groups is 1. The monoisotopic (exact) mass is 147 g/mol. The lowest BCUT2D eigenvalue weighted by Gasteiger charge is -1.99. The second-order valence-corrected chi connectivity index (χ2v) is 2.44. The van der Waals surface area contributed by atoms with Crippen LogP contribution in [0.2, 0.25) is 0 Å². The molecule has 0 heterocycles. The first-order valence-electron chi connectivity index (χ1n) is 3.88. The number of rotatable bonds is 2. The molecule has 0 amide bonds. The van der Waals surface area contributed by atoms with Gasteiger partial charge in [-0.2, -0.15) is 0 Å². The summed E-state index contributed by atoms with van der Waals surface area (Å²) in [6, 6.07) is 8.32. The van der Waals surface area contributed by atoms with E-state index in [1.54, 1.807) is 7.05 Å². The van der Waals surface area contributed by atoms with Crippen LogP contribution in [0.15, 0.2) is 29.3 Å². The van der Waals surface area contributed by atoms with E-state index in [1.165, 1.54) is 11.1 Å². The molecule has 1 heteroatoms. The van der Waals surface area contributed by atoms with Crippen LogP contribution in [0.5, 0.6) is 0 Å². The van der Waals surface area contributed by atoms with Crippen molar-refractivity contribution in [1.29, 1.82) is 0 Å². The Hall–Kier alpha value is -1.11. The van der Waals surface area contributed by atoms with Crippen molar-refractivity contribution in [3.05, 3.63) is 35.4 Å². The quantitative estimate of drug-likeness (QED) is 0.569. The molecule has 0 atom stereocenters. The molecule has 0 saturated heterocycles. The molecule has 0 spiro atoms. The summed E-state index contributed by atoms with van der Waals surface area (Å²) in [7, 11) is 1.80. The molecule has 0 aliphatic heterocycles. The fraction of sp³-hybridized carbons (Fsp3) is 0.300. The molecule has 0 unspecified atom stereocenters. The topological polar surface area (TPSA) is 12.4 Å². The molecule has 11 heavy (non-hydrogen) atoms. The molecule has 0 bridgehead atoms. The maximum Gasteiger partial charge on any atom is 0.0284 e. The van der Waals surface area contributed by atoms with Crippen LogP contribution in [-0.4, -0.2) is 13.3 Å². The SMILES string of the molecule is CCc1ccccc1C=NC. The average molecular weight is 147 g/mol. The maximum absolute atomic E-state index is 3.99. The van der Waals surface area contributed by atoms with Gasteiger partial charge in [-0.15, -0.1) is 0 Å². The van der Waals surface area contributed by atoms with Crippen molar-refractivity contribution in [1.82, 2.24) is 0 Å². The van der Waals surface area contributed by atoms with Crippen molar-refractivity contribution in [2.24, 2.45) is 4.99 Å². The van der Waals surface area contributed by atoms with E-state index in [4.69, 9.17) is 0 Å². The Morgan fingerprint density at radius 3 is 2.73 bits per heavy atom. The van der Waals surface area contributed by atoms with Crippen LogP contribution < -0.4 is 0 Å². The summed E-state index contributed by atoms with van der Waals surface area (Å²) in [5, 5.41) is 0. The molecule has 0 N–H and O–H groups in total. The van der Waals surface area contributed by atoms with Crippen LogP contribution in [0.3, 0.4) is 0 Å². The van der Waals surface area contributed by atoms with E-state index in [0.29, 0.717) is 0 Å².